The van der Waals surface area contributed by atoms with E-state index in [2.05, 4.69) is 11.9 Å². The van der Waals surface area contributed by atoms with Gasteiger partial charge in [0.25, 0.3) is 0 Å². The maximum atomic E-state index is 5.69. The summed E-state index contributed by atoms with van der Waals surface area (Å²) >= 11 is 0. The quantitative estimate of drug-likeness (QED) is 0.568. The van der Waals surface area contributed by atoms with E-state index in [1.54, 1.807) is 7.11 Å². The van der Waals surface area contributed by atoms with Crippen LogP contribution in [0, 0.1) is 0 Å². The van der Waals surface area contributed by atoms with Crippen LogP contribution in [0.25, 0.3) is 0 Å². The SMILES string of the molecule is C=C(C)CNc1ccc(N)c(OC)c1. The van der Waals surface area contributed by atoms with Gasteiger partial charge in [0, 0.05) is 18.3 Å². The largest absolute Gasteiger partial charge is 0.495 e. The maximum absolute atomic E-state index is 5.69. The summed E-state index contributed by atoms with van der Waals surface area (Å²) in [5.41, 5.74) is 8.40. The van der Waals surface area contributed by atoms with Gasteiger partial charge in [-0.05, 0) is 19.1 Å². The Morgan fingerprint density at radius 1 is 1.57 bits per heavy atom. The van der Waals surface area contributed by atoms with Crippen molar-refractivity contribution in [1.29, 1.82) is 0 Å². The van der Waals surface area contributed by atoms with Crippen LogP contribution in [-0.2, 0) is 0 Å². The summed E-state index contributed by atoms with van der Waals surface area (Å²) < 4.78 is 5.11. The van der Waals surface area contributed by atoms with Gasteiger partial charge >= 0.3 is 0 Å². The number of anilines is 2. The van der Waals surface area contributed by atoms with Gasteiger partial charge in [-0.1, -0.05) is 12.2 Å². The van der Waals surface area contributed by atoms with Crippen molar-refractivity contribution in [1.82, 2.24) is 0 Å². The summed E-state index contributed by atoms with van der Waals surface area (Å²) in [5.74, 6) is 0.691. The first-order valence-corrected chi connectivity index (χ1v) is 4.45. The summed E-state index contributed by atoms with van der Waals surface area (Å²) in [6.45, 7) is 6.54. The van der Waals surface area contributed by atoms with E-state index >= 15 is 0 Å². The van der Waals surface area contributed by atoms with Gasteiger partial charge in [-0.15, -0.1) is 0 Å². The van der Waals surface area contributed by atoms with Crippen LogP contribution in [0.1, 0.15) is 6.92 Å². The fraction of sp³-hybridized carbons (Fsp3) is 0.273. The Kier molecular flexibility index (Phi) is 3.40. The molecule has 1 aromatic rings. The van der Waals surface area contributed by atoms with E-state index in [1.165, 1.54) is 0 Å². The van der Waals surface area contributed by atoms with E-state index in [9.17, 15) is 0 Å². The van der Waals surface area contributed by atoms with Gasteiger partial charge in [0.15, 0.2) is 0 Å². The molecule has 0 atom stereocenters. The minimum Gasteiger partial charge on any atom is -0.495 e. The molecule has 0 amide bonds. The molecule has 3 N–H and O–H groups in total. The molecule has 0 bridgehead atoms. The third-order valence-electron chi connectivity index (χ3n) is 1.83. The average Bonchev–Trinajstić information content (AvgIpc) is 2.16. The lowest BCUT2D eigenvalue weighted by Crippen LogP contribution is -2.02. The summed E-state index contributed by atoms with van der Waals surface area (Å²) in [5, 5.41) is 3.21. The molecular weight excluding hydrogens is 176 g/mol. The van der Waals surface area contributed by atoms with Crippen LogP contribution in [0.3, 0.4) is 0 Å². The molecule has 0 heterocycles. The number of ether oxygens (including phenoxy) is 1. The van der Waals surface area contributed by atoms with Crippen LogP contribution < -0.4 is 15.8 Å². The van der Waals surface area contributed by atoms with Crippen LogP contribution in [0.15, 0.2) is 30.4 Å². The highest BCUT2D eigenvalue weighted by molar-refractivity contribution is 5.61. The molecule has 3 heteroatoms. The minimum atomic E-state index is 0.647. The molecule has 14 heavy (non-hydrogen) atoms. The van der Waals surface area contributed by atoms with Crippen LogP contribution >= 0.6 is 0 Å². The first-order valence-electron chi connectivity index (χ1n) is 4.45. The van der Waals surface area contributed by atoms with Crippen molar-refractivity contribution in [3.63, 3.8) is 0 Å². The Bertz CT molecular complexity index is 334. The summed E-state index contributed by atoms with van der Waals surface area (Å²) in [4.78, 5) is 0. The first kappa shape index (κ1) is 10.4. The topological polar surface area (TPSA) is 47.3 Å². The van der Waals surface area contributed by atoms with E-state index in [0.717, 1.165) is 17.8 Å². The fourth-order valence-electron chi connectivity index (χ4n) is 1.07. The number of rotatable bonds is 4. The zero-order chi connectivity index (χ0) is 10.6. The molecule has 0 aromatic heterocycles. The average molecular weight is 192 g/mol. The number of nitrogens with two attached hydrogens (primary N) is 1. The zero-order valence-corrected chi connectivity index (χ0v) is 8.63. The van der Waals surface area contributed by atoms with Gasteiger partial charge in [0.1, 0.15) is 5.75 Å². The van der Waals surface area contributed by atoms with Crippen LogP contribution in [0.2, 0.25) is 0 Å². The summed E-state index contributed by atoms with van der Waals surface area (Å²) in [6, 6.07) is 5.61. The van der Waals surface area contributed by atoms with Gasteiger partial charge in [-0.25, -0.2) is 0 Å². The molecule has 0 radical (unpaired) electrons. The van der Waals surface area contributed by atoms with E-state index in [4.69, 9.17) is 10.5 Å². The van der Waals surface area contributed by atoms with Crippen molar-refractivity contribution in [3.8, 4) is 5.75 Å². The monoisotopic (exact) mass is 192 g/mol. The van der Waals surface area contributed by atoms with Gasteiger partial charge in [-0.2, -0.15) is 0 Å². The molecule has 0 spiro atoms. The van der Waals surface area contributed by atoms with Crippen molar-refractivity contribution in [2.75, 3.05) is 24.7 Å². The number of nitrogen functional groups attached to an aromatic ring is 1. The van der Waals surface area contributed by atoms with Crippen LogP contribution in [0.4, 0.5) is 11.4 Å². The van der Waals surface area contributed by atoms with Gasteiger partial charge < -0.3 is 15.8 Å². The molecule has 76 valence electrons. The fourth-order valence-corrected chi connectivity index (χ4v) is 1.07. The van der Waals surface area contributed by atoms with Crippen LogP contribution in [0.5, 0.6) is 5.75 Å². The second kappa shape index (κ2) is 4.56. The van der Waals surface area contributed by atoms with E-state index in [0.29, 0.717) is 11.4 Å². The molecule has 3 nitrogen and oxygen atoms in total. The van der Waals surface area contributed by atoms with Crippen molar-refractivity contribution >= 4 is 11.4 Å². The molecule has 1 rings (SSSR count). The smallest absolute Gasteiger partial charge is 0.143 e. The van der Waals surface area contributed by atoms with Gasteiger partial charge in [0.2, 0.25) is 0 Å². The molecule has 1 aromatic carbocycles. The van der Waals surface area contributed by atoms with Crippen molar-refractivity contribution in [2.45, 2.75) is 6.92 Å². The van der Waals surface area contributed by atoms with E-state index < -0.39 is 0 Å². The van der Waals surface area contributed by atoms with E-state index in [1.807, 2.05) is 25.1 Å². The van der Waals surface area contributed by atoms with Crippen molar-refractivity contribution in [2.24, 2.45) is 0 Å². The lowest BCUT2D eigenvalue weighted by Gasteiger charge is -2.09. The van der Waals surface area contributed by atoms with Crippen molar-refractivity contribution in [3.05, 3.63) is 30.4 Å². The Hall–Kier alpha value is -1.64. The standard InChI is InChI=1S/C11H16N2O/c1-8(2)7-13-9-4-5-10(12)11(6-9)14-3/h4-6,13H,1,7,12H2,2-3H3. The number of hydrogen-bond acceptors (Lipinski definition) is 3. The minimum absolute atomic E-state index is 0.647. The molecule has 0 saturated carbocycles. The maximum Gasteiger partial charge on any atom is 0.143 e. The number of nitrogens with one attached hydrogen (secondary N) is 1. The van der Waals surface area contributed by atoms with Gasteiger partial charge in [0.05, 0.1) is 12.8 Å². The highest BCUT2D eigenvalue weighted by Crippen LogP contribution is 2.24. The van der Waals surface area contributed by atoms with E-state index in [-0.39, 0.29) is 0 Å². The zero-order valence-electron chi connectivity index (χ0n) is 8.63. The summed E-state index contributed by atoms with van der Waals surface area (Å²) in [6.07, 6.45) is 0. The number of hydrogen-bond donors (Lipinski definition) is 2. The Morgan fingerprint density at radius 2 is 2.29 bits per heavy atom. The van der Waals surface area contributed by atoms with Crippen LogP contribution in [-0.4, -0.2) is 13.7 Å². The Morgan fingerprint density at radius 3 is 2.86 bits per heavy atom. The highest BCUT2D eigenvalue weighted by atomic mass is 16.5. The van der Waals surface area contributed by atoms with Crippen molar-refractivity contribution < 1.29 is 4.74 Å². The highest BCUT2D eigenvalue weighted by Gasteiger charge is 1.99. The first-order chi connectivity index (χ1) is 6.63. The predicted octanol–water partition coefficient (Wildman–Crippen LogP) is 2.27. The second-order valence-electron chi connectivity index (χ2n) is 3.27. The van der Waals surface area contributed by atoms with Gasteiger partial charge in [-0.3, -0.25) is 0 Å². The summed E-state index contributed by atoms with van der Waals surface area (Å²) in [7, 11) is 1.61. The number of benzene rings is 1. The number of methoxy groups -OCH3 is 1. The molecule has 0 saturated heterocycles. The molecule has 0 unspecified atom stereocenters. The normalized spacial score (nSPS) is 9.57. The molecule has 0 fully saturated rings. The molecule has 0 aliphatic heterocycles. The molecular formula is C11H16N2O. The lowest BCUT2D eigenvalue weighted by atomic mass is 10.2. The lowest BCUT2D eigenvalue weighted by molar-refractivity contribution is 0.417. The predicted molar refractivity (Wildman–Crippen MR) is 60.7 cm³/mol. The second-order valence-corrected chi connectivity index (χ2v) is 3.27. The Labute approximate surface area is 84.6 Å². The third kappa shape index (κ3) is 2.69. The third-order valence-corrected chi connectivity index (χ3v) is 1.83. The Balaban J connectivity index is 2.74. The molecule has 0 aliphatic rings. The molecule has 0 aliphatic carbocycles.